The van der Waals surface area contributed by atoms with E-state index in [1.165, 1.54) is 0 Å². The van der Waals surface area contributed by atoms with Gasteiger partial charge in [0, 0.05) is 15.9 Å². The smallest absolute Gasteiger partial charge is 0.339 e. The van der Waals surface area contributed by atoms with Gasteiger partial charge in [-0.15, -0.1) is 0 Å². The topological polar surface area (TPSA) is 79.0 Å². The van der Waals surface area contributed by atoms with E-state index >= 15 is 0 Å². The third-order valence-electron chi connectivity index (χ3n) is 2.02. The standard InChI is InChI=1S/C10H7N3O2/c11-13-12-6-8-5-7-3-1-2-4-9(7)15-10(8)14/h1-5H,6H2. The fourth-order valence-corrected chi connectivity index (χ4v) is 1.32. The van der Waals surface area contributed by atoms with Crippen LogP contribution in [0, 0.1) is 0 Å². The van der Waals surface area contributed by atoms with Crippen molar-refractivity contribution in [2.45, 2.75) is 6.54 Å². The first-order chi connectivity index (χ1) is 7.31. The number of nitrogens with zero attached hydrogens (tertiary/aromatic N) is 3. The third kappa shape index (κ3) is 1.82. The molecule has 0 radical (unpaired) electrons. The molecule has 1 aromatic carbocycles. The predicted molar refractivity (Wildman–Crippen MR) is 55.3 cm³/mol. The molecule has 0 saturated carbocycles. The van der Waals surface area contributed by atoms with Crippen molar-refractivity contribution >= 4 is 11.0 Å². The fraction of sp³-hybridized carbons (Fsp3) is 0.100. The molecule has 0 fully saturated rings. The van der Waals surface area contributed by atoms with E-state index in [1.54, 1.807) is 18.2 Å². The van der Waals surface area contributed by atoms with Gasteiger partial charge in [0.25, 0.3) is 0 Å². The van der Waals surface area contributed by atoms with Gasteiger partial charge in [-0.25, -0.2) is 4.79 Å². The van der Waals surface area contributed by atoms with Gasteiger partial charge < -0.3 is 4.42 Å². The normalized spacial score (nSPS) is 9.87. The van der Waals surface area contributed by atoms with Gasteiger partial charge in [0.1, 0.15) is 5.58 Å². The molecule has 5 nitrogen and oxygen atoms in total. The molecule has 0 bridgehead atoms. The Kier molecular flexibility index (Phi) is 2.39. The maximum absolute atomic E-state index is 11.4. The number of rotatable bonds is 2. The van der Waals surface area contributed by atoms with Crippen LogP contribution in [0.2, 0.25) is 0 Å². The molecular formula is C10H7N3O2. The van der Waals surface area contributed by atoms with Crippen molar-refractivity contribution in [1.29, 1.82) is 0 Å². The molecule has 0 spiro atoms. The fourth-order valence-electron chi connectivity index (χ4n) is 1.32. The van der Waals surface area contributed by atoms with Gasteiger partial charge in [-0.1, -0.05) is 23.3 Å². The van der Waals surface area contributed by atoms with Crippen molar-refractivity contribution in [2.24, 2.45) is 5.11 Å². The maximum Gasteiger partial charge on any atom is 0.339 e. The van der Waals surface area contributed by atoms with Crippen LogP contribution in [0.15, 0.2) is 44.7 Å². The number of hydrogen-bond donors (Lipinski definition) is 0. The first-order valence-corrected chi connectivity index (χ1v) is 4.34. The van der Waals surface area contributed by atoms with Gasteiger partial charge >= 0.3 is 5.63 Å². The van der Waals surface area contributed by atoms with Gasteiger partial charge in [-0.2, -0.15) is 0 Å². The van der Waals surface area contributed by atoms with Gasteiger partial charge in [0.2, 0.25) is 0 Å². The summed E-state index contributed by atoms with van der Waals surface area (Å²) in [5, 5.41) is 4.15. The lowest BCUT2D eigenvalue weighted by atomic mass is 10.2. The summed E-state index contributed by atoms with van der Waals surface area (Å²) in [6, 6.07) is 8.86. The summed E-state index contributed by atoms with van der Waals surface area (Å²) < 4.78 is 5.05. The second-order valence-corrected chi connectivity index (χ2v) is 2.99. The largest absolute Gasteiger partial charge is 0.423 e. The molecule has 0 amide bonds. The highest BCUT2D eigenvalue weighted by Crippen LogP contribution is 2.12. The summed E-state index contributed by atoms with van der Waals surface area (Å²) in [4.78, 5) is 14.0. The second-order valence-electron chi connectivity index (χ2n) is 2.99. The minimum atomic E-state index is -0.457. The molecule has 1 heterocycles. The summed E-state index contributed by atoms with van der Waals surface area (Å²) in [6.07, 6.45) is 0. The molecule has 0 unspecified atom stereocenters. The van der Waals surface area contributed by atoms with Gasteiger partial charge in [-0.3, -0.25) is 0 Å². The first kappa shape index (κ1) is 9.30. The minimum Gasteiger partial charge on any atom is -0.423 e. The van der Waals surface area contributed by atoms with E-state index in [-0.39, 0.29) is 6.54 Å². The van der Waals surface area contributed by atoms with Crippen molar-refractivity contribution in [3.63, 3.8) is 0 Å². The Bertz CT molecular complexity index is 597. The van der Waals surface area contributed by atoms with Crippen molar-refractivity contribution in [3.05, 3.63) is 56.8 Å². The van der Waals surface area contributed by atoms with Crippen LogP contribution in [0.4, 0.5) is 0 Å². The van der Waals surface area contributed by atoms with Crippen molar-refractivity contribution < 1.29 is 4.42 Å². The lowest BCUT2D eigenvalue weighted by Crippen LogP contribution is -2.05. The van der Waals surface area contributed by atoms with E-state index in [2.05, 4.69) is 10.0 Å². The summed E-state index contributed by atoms with van der Waals surface area (Å²) in [5.41, 5.74) is 8.60. The van der Waals surface area contributed by atoms with Crippen molar-refractivity contribution in [1.82, 2.24) is 0 Å². The Labute approximate surface area is 84.6 Å². The van der Waals surface area contributed by atoms with E-state index in [4.69, 9.17) is 9.95 Å². The van der Waals surface area contributed by atoms with Crippen LogP contribution >= 0.6 is 0 Å². The maximum atomic E-state index is 11.4. The molecule has 15 heavy (non-hydrogen) atoms. The lowest BCUT2D eigenvalue weighted by molar-refractivity contribution is 0.550. The molecule has 0 aliphatic heterocycles. The highest BCUT2D eigenvalue weighted by atomic mass is 16.4. The van der Waals surface area contributed by atoms with Crippen molar-refractivity contribution in [3.8, 4) is 0 Å². The molecule has 74 valence electrons. The molecular weight excluding hydrogens is 194 g/mol. The van der Waals surface area contributed by atoms with Gasteiger partial charge in [-0.05, 0) is 17.7 Å². The number of benzene rings is 1. The van der Waals surface area contributed by atoms with E-state index < -0.39 is 5.63 Å². The minimum absolute atomic E-state index is 0.0175. The Morgan fingerprint density at radius 2 is 2.20 bits per heavy atom. The first-order valence-electron chi connectivity index (χ1n) is 4.34. The monoisotopic (exact) mass is 201 g/mol. The average molecular weight is 201 g/mol. The second kappa shape index (κ2) is 3.86. The molecule has 0 aliphatic carbocycles. The van der Waals surface area contributed by atoms with Gasteiger partial charge in [0.15, 0.2) is 0 Å². The molecule has 0 N–H and O–H groups in total. The van der Waals surface area contributed by atoms with E-state index in [0.29, 0.717) is 11.1 Å². The Morgan fingerprint density at radius 1 is 1.40 bits per heavy atom. The van der Waals surface area contributed by atoms with E-state index in [9.17, 15) is 4.79 Å². The number of azide groups is 1. The molecule has 2 rings (SSSR count). The molecule has 0 aliphatic rings. The molecule has 1 aromatic heterocycles. The summed E-state index contributed by atoms with van der Waals surface area (Å²) >= 11 is 0. The quantitative estimate of drug-likeness (QED) is 0.324. The van der Waals surface area contributed by atoms with E-state index in [0.717, 1.165) is 5.39 Å². The molecule has 0 saturated heterocycles. The zero-order chi connectivity index (χ0) is 10.7. The molecule has 2 aromatic rings. The van der Waals surface area contributed by atoms with Gasteiger partial charge in [0.05, 0.1) is 6.54 Å². The number of fused-ring (bicyclic) bond motifs is 1. The van der Waals surface area contributed by atoms with Crippen LogP contribution in [-0.4, -0.2) is 0 Å². The number of para-hydroxylation sites is 1. The van der Waals surface area contributed by atoms with Crippen LogP contribution in [0.3, 0.4) is 0 Å². The van der Waals surface area contributed by atoms with Crippen LogP contribution in [0.1, 0.15) is 5.56 Å². The Balaban J connectivity index is 2.61. The lowest BCUT2D eigenvalue weighted by Gasteiger charge is -1.97. The highest BCUT2D eigenvalue weighted by Gasteiger charge is 2.02. The molecule has 5 heteroatoms. The third-order valence-corrected chi connectivity index (χ3v) is 2.02. The highest BCUT2D eigenvalue weighted by molar-refractivity contribution is 5.76. The van der Waals surface area contributed by atoms with Crippen LogP contribution in [-0.2, 0) is 6.54 Å². The summed E-state index contributed by atoms with van der Waals surface area (Å²) in [5.74, 6) is 0. The average Bonchev–Trinajstić information content (AvgIpc) is 2.26. The van der Waals surface area contributed by atoms with Crippen LogP contribution < -0.4 is 5.63 Å². The zero-order valence-electron chi connectivity index (χ0n) is 7.75. The Morgan fingerprint density at radius 3 is 3.00 bits per heavy atom. The van der Waals surface area contributed by atoms with Crippen molar-refractivity contribution in [2.75, 3.05) is 0 Å². The Hall–Kier alpha value is -2.26. The number of hydrogen-bond acceptors (Lipinski definition) is 3. The van der Waals surface area contributed by atoms with E-state index in [1.807, 2.05) is 12.1 Å². The summed E-state index contributed by atoms with van der Waals surface area (Å²) in [6.45, 7) is 0.0175. The van der Waals surface area contributed by atoms with Crippen LogP contribution in [0.5, 0.6) is 0 Å². The molecule has 0 atom stereocenters. The SMILES string of the molecule is [N-]=[N+]=NCc1cc2ccccc2oc1=O. The summed E-state index contributed by atoms with van der Waals surface area (Å²) in [7, 11) is 0. The van der Waals surface area contributed by atoms with Crippen LogP contribution in [0.25, 0.3) is 21.4 Å². The predicted octanol–water partition coefficient (Wildman–Crippen LogP) is 2.60. The zero-order valence-corrected chi connectivity index (χ0v) is 7.75.